The van der Waals surface area contributed by atoms with E-state index in [-0.39, 0.29) is 10.8 Å². The van der Waals surface area contributed by atoms with Crippen molar-refractivity contribution < 1.29 is 0 Å². The smallest absolute Gasteiger partial charge is 0.165 e. The van der Waals surface area contributed by atoms with Crippen LogP contribution in [0.2, 0.25) is 0 Å². The Morgan fingerprint density at radius 2 is 0.817 bits per heavy atom. The number of nitriles is 1. The Kier molecular flexibility index (Phi) is 8.55. The van der Waals surface area contributed by atoms with Gasteiger partial charge in [0.15, 0.2) is 17.5 Å². The molecule has 3 heterocycles. The van der Waals surface area contributed by atoms with E-state index >= 15 is 0 Å². The van der Waals surface area contributed by atoms with Crippen molar-refractivity contribution in [3.05, 3.63) is 174 Å². The van der Waals surface area contributed by atoms with Crippen LogP contribution in [-0.4, -0.2) is 24.1 Å². The summed E-state index contributed by atoms with van der Waals surface area (Å²) >= 11 is 0. The molecular weight excluding hydrogens is 733 g/mol. The first-order valence-corrected chi connectivity index (χ1v) is 20.5. The van der Waals surface area contributed by atoms with Crippen molar-refractivity contribution in [1.29, 1.82) is 5.26 Å². The van der Waals surface area contributed by atoms with Crippen LogP contribution < -0.4 is 0 Å². The third-order valence-corrected chi connectivity index (χ3v) is 11.7. The molecule has 0 amide bonds. The number of nitrogens with zero attached hydrogens (tertiary/aromatic N) is 6. The Hall–Kier alpha value is -7.36. The highest BCUT2D eigenvalue weighted by Crippen LogP contribution is 2.42. The van der Waals surface area contributed by atoms with Crippen LogP contribution in [0.1, 0.15) is 58.2 Å². The number of aromatic nitrogens is 5. The zero-order valence-electron chi connectivity index (χ0n) is 34.7. The van der Waals surface area contributed by atoms with E-state index in [1.807, 2.05) is 66.7 Å². The van der Waals surface area contributed by atoms with Gasteiger partial charge in [-0.05, 0) is 70.5 Å². The summed E-state index contributed by atoms with van der Waals surface area (Å²) in [5.41, 5.74) is 11.3. The van der Waals surface area contributed by atoms with Crippen LogP contribution in [0.4, 0.5) is 0 Å². The molecule has 10 aromatic rings. The highest BCUT2D eigenvalue weighted by Gasteiger charge is 2.26. The maximum absolute atomic E-state index is 11.2. The molecule has 60 heavy (non-hydrogen) atoms. The van der Waals surface area contributed by atoms with Gasteiger partial charge in [-0.15, -0.1) is 0 Å². The summed E-state index contributed by atoms with van der Waals surface area (Å²) in [6, 6.07) is 57.5. The SMILES string of the molecule is CC(C)(C)c1ccc2c(c1)c1ccccc1n2-c1cc(C#N)c(-c2nc(-c3ccccc3)nc(-c3ccccc3)n2)cc1-n1c2ccccc2c2cc(C(C)(C)C)ccc21. The van der Waals surface area contributed by atoms with Gasteiger partial charge >= 0.3 is 0 Å². The molecule has 0 N–H and O–H groups in total. The molecule has 0 aliphatic carbocycles. The number of hydrogen-bond donors (Lipinski definition) is 0. The lowest BCUT2D eigenvalue weighted by Gasteiger charge is -2.21. The first kappa shape index (κ1) is 36.9. The van der Waals surface area contributed by atoms with Gasteiger partial charge in [-0.25, -0.2) is 15.0 Å². The van der Waals surface area contributed by atoms with E-state index in [1.54, 1.807) is 0 Å². The summed E-state index contributed by atoms with van der Waals surface area (Å²) in [5.74, 6) is 1.51. The Morgan fingerprint density at radius 3 is 1.27 bits per heavy atom. The number of para-hydroxylation sites is 2. The fourth-order valence-corrected chi connectivity index (χ4v) is 8.54. The quantitative estimate of drug-likeness (QED) is 0.174. The van der Waals surface area contributed by atoms with Crippen LogP contribution in [0.3, 0.4) is 0 Å². The summed E-state index contributed by atoms with van der Waals surface area (Å²) in [7, 11) is 0. The fourth-order valence-electron chi connectivity index (χ4n) is 8.54. The molecule has 10 rings (SSSR count). The van der Waals surface area contributed by atoms with E-state index in [0.29, 0.717) is 28.6 Å². The molecule has 290 valence electrons. The van der Waals surface area contributed by atoms with Crippen LogP contribution in [-0.2, 0) is 10.8 Å². The molecule has 6 nitrogen and oxygen atoms in total. The summed E-state index contributed by atoms with van der Waals surface area (Å²) in [6.45, 7) is 13.5. The largest absolute Gasteiger partial charge is 0.307 e. The minimum atomic E-state index is -0.0371. The summed E-state index contributed by atoms with van der Waals surface area (Å²) in [6.07, 6.45) is 0. The second-order valence-corrected chi connectivity index (χ2v) is 17.7. The van der Waals surface area contributed by atoms with Gasteiger partial charge in [-0.1, -0.05) is 151 Å². The van der Waals surface area contributed by atoms with E-state index in [2.05, 4.69) is 148 Å². The molecule has 0 radical (unpaired) electrons. The zero-order chi connectivity index (χ0) is 41.3. The average Bonchev–Trinajstić information content (AvgIpc) is 3.78. The number of fused-ring (bicyclic) bond motifs is 6. The summed E-state index contributed by atoms with van der Waals surface area (Å²) in [5, 5.41) is 15.8. The maximum Gasteiger partial charge on any atom is 0.165 e. The predicted molar refractivity (Wildman–Crippen MR) is 247 cm³/mol. The van der Waals surface area contributed by atoms with E-state index in [4.69, 9.17) is 15.0 Å². The molecular formula is C54H44N6. The molecule has 3 aromatic heterocycles. The lowest BCUT2D eigenvalue weighted by atomic mass is 9.86. The van der Waals surface area contributed by atoms with Crippen molar-refractivity contribution in [3.63, 3.8) is 0 Å². The summed E-state index contributed by atoms with van der Waals surface area (Å²) in [4.78, 5) is 15.2. The first-order valence-electron chi connectivity index (χ1n) is 20.5. The lowest BCUT2D eigenvalue weighted by Crippen LogP contribution is -2.11. The van der Waals surface area contributed by atoms with Crippen molar-refractivity contribution in [3.8, 4) is 51.6 Å². The first-order chi connectivity index (χ1) is 29.0. The van der Waals surface area contributed by atoms with Crippen molar-refractivity contribution >= 4 is 43.6 Å². The Morgan fingerprint density at radius 1 is 0.417 bits per heavy atom. The van der Waals surface area contributed by atoms with Gasteiger partial charge < -0.3 is 9.13 Å². The summed E-state index contributed by atoms with van der Waals surface area (Å²) < 4.78 is 4.69. The van der Waals surface area contributed by atoms with Gasteiger partial charge in [-0.2, -0.15) is 5.26 Å². The molecule has 6 heteroatoms. The highest BCUT2D eigenvalue weighted by atomic mass is 15.1. The molecule has 0 unspecified atom stereocenters. The minimum absolute atomic E-state index is 0.0329. The van der Waals surface area contributed by atoms with Crippen LogP contribution in [0.25, 0.3) is 89.2 Å². The van der Waals surface area contributed by atoms with Gasteiger partial charge in [0.2, 0.25) is 0 Å². The zero-order valence-corrected chi connectivity index (χ0v) is 34.7. The van der Waals surface area contributed by atoms with Crippen molar-refractivity contribution in [2.75, 3.05) is 0 Å². The second-order valence-electron chi connectivity index (χ2n) is 17.7. The Labute approximate surface area is 350 Å². The molecule has 0 spiro atoms. The fraction of sp³-hybridized carbons (Fsp3) is 0.148. The monoisotopic (exact) mass is 776 g/mol. The topological polar surface area (TPSA) is 72.3 Å². The molecule has 0 saturated heterocycles. The number of benzene rings is 7. The maximum atomic E-state index is 11.2. The van der Waals surface area contributed by atoms with Crippen LogP contribution >= 0.6 is 0 Å². The molecule has 0 saturated carbocycles. The van der Waals surface area contributed by atoms with Crippen LogP contribution in [0, 0.1) is 11.3 Å². The van der Waals surface area contributed by atoms with Crippen molar-refractivity contribution in [2.24, 2.45) is 0 Å². The molecule has 0 bridgehead atoms. The van der Waals surface area contributed by atoms with Crippen LogP contribution in [0.5, 0.6) is 0 Å². The van der Waals surface area contributed by atoms with Crippen molar-refractivity contribution in [2.45, 2.75) is 52.4 Å². The van der Waals surface area contributed by atoms with Gasteiger partial charge in [-0.3, -0.25) is 0 Å². The average molecular weight is 777 g/mol. The van der Waals surface area contributed by atoms with Gasteiger partial charge in [0.05, 0.1) is 45.1 Å². The van der Waals surface area contributed by atoms with Gasteiger partial charge in [0.25, 0.3) is 0 Å². The molecule has 0 atom stereocenters. The van der Waals surface area contributed by atoms with E-state index in [9.17, 15) is 5.26 Å². The normalized spacial score (nSPS) is 12.2. The van der Waals surface area contributed by atoms with Gasteiger partial charge in [0, 0.05) is 38.2 Å². The lowest BCUT2D eigenvalue weighted by molar-refractivity contribution is 0.591. The number of rotatable bonds is 5. The van der Waals surface area contributed by atoms with E-state index in [1.165, 1.54) is 21.9 Å². The van der Waals surface area contributed by atoms with Gasteiger partial charge in [0.1, 0.15) is 0 Å². The minimum Gasteiger partial charge on any atom is -0.307 e. The Balaban J connectivity index is 1.35. The van der Waals surface area contributed by atoms with E-state index in [0.717, 1.165) is 55.3 Å². The third-order valence-electron chi connectivity index (χ3n) is 11.7. The molecule has 0 aliphatic rings. The number of hydrogen-bond acceptors (Lipinski definition) is 4. The molecule has 7 aromatic carbocycles. The molecule has 0 fully saturated rings. The van der Waals surface area contributed by atoms with Crippen molar-refractivity contribution in [1.82, 2.24) is 24.1 Å². The Bertz CT molecular complexity index is 3280. The third kappa shape index (κ3) is 6.13. The van der Waals surface area contributed by atoms with Crippen LogP contribution in [0.15, 0.2) is 158 Å². The second kappa shape index (κ2) is 13.9. The highest BCUT2D eigenvalue weighted by molar-refractivity contribution is 6.12. The standard InChI is InChI=1S/C54H44N6/c1-53(2,3)37-25-27-46-42(30-37)39-21-13-15-23-44(39)59(46)48-29-36(33-55)41(52-57-50(34-17-9-7-10-18-34)56-51(58-52)35-19-11-8-12-20-35)32-49(48)60-45-24-16-14-22-40(45)43-31-38(54(4,5)6)26-28-47(43)60/h7-32H,1-6H3. The molecule has 0 aliphatic heterocycles. The van der Waals surface area contributed by atoms with E-state index < -0.39 is 0 Å². The predicted octanol–water partition coefficient (Wildman–Crippen LogP) is 13.5.